The first kappa shape index (κ1) is 22.9. The van der Waals surface area contributed by atoms with Crippen LogP contribution in [0.15, 0.2) is 48.8 Å². The van der Waals surface area contributed by atoms with E-state index in [9.17, 15) is 4.39 Å². The monoisotopic (exact) mass is 438 g/mol. The Kier molecular flexibility index (Phi) is 8.26. The first-order valence-electron chi connectivity index (χ1n) is 11.9. The second-order valence-corrected chi connectivity index (χ2v) is 8.70. The van der Waals surface area contributed by atoms with E-state index >= 15 is 0 Å². The molecule has 2 aromatic heterocycles. The summed E-state index contributed by atoms with van der Waals surface area (Å²) in [6.07, 6.45) is 8.91. The van der Waals surface area contributed by atoms with Crippen molar-refractivity contribution in [2.24, 2.45) is 0 Å². The molecule has 4 rings (SSSR count). The van der Waals surface area contributed by atoms with Crippen LogP contribution in [0.4, 0.5) is 4.39 Å². The van der Waals surface area contributed by atoms with Crippen molar-refractivity contribution in [1.29, 1.82) is 0 Å². The quantitative estimate of drug-likeness (QED) is 0.320. The number of aromatic amines is 1. The molecule has 32 heavy (non-hydrogen) atoms. The molecule has 3 aromatic rings. The van der Waals surface area contributed by atoms with Gasteiger partial charge in [0.25, 0.3) is 0 Å². The largest absolute Gasteiger partial charge is 0.379 e. The number of pyridine rings is 1. The van der Waals surface area contributed by atoms with Crippen molar-refractivity contribution in [1.82, 2.24) is 19.8 Å². The van der Waals surface area contributed by atoms with E-state index in [2.05, 4.69) is 51.1 Å². The fourth-order valence-corrected chi connectivity index (χ4v) is 4.84. The summed E-state index contributed by atoms with van der Waals surface area (Å²) >= 11 is 0. The Hall–Kier alpha value is -2.28. The van der Waals surface area contributed by atoms with E-state index in [-0.39, 0.29) is 0 Å². The van der Waals surface area contributed by atoms with Crippen molar-refractivity contribution in [2.45, 2.75) is 51.7 Å². The minimum atomic E-state index is -0.396. The van der Waals surface area contributed by atoms with Crippen LogP contribution in [0, 0.1) is 5.95 Å². The van der Waals surface area contributed by atoms with Crippen LogP contribution in [0.1, 0.15) is 43.7 Å². The van der Waals surface area contributed by atoms with E-state index < -0.39 is 5.95 Å². The van der Waals surface area contributed by atoms with E-state index in [0.717, 1.165) is 44.3 Å². The van der Waals surface area contributed by atoms with Crippen molar-refractivity contribution >= 4 is 10.9 Å². The topological polar surface area (TPSA) is 44.4 Å². The smallest absolute Gasteiger partial charge is 0.217 e. The number of rotatable bonds is 12. The summed E-state index contributed by atoms with van der Waals surface area (Å²) in [5, 5.41) is 1.21. The molecule has 172 valence electrons. The summed E-state index contributed by atoms with van der Waals surface area (Å²) in [6, 6.07) is 12.6. The Morgan fingerprint density at radius 2 is 1.81 bits per heavy atom. The highest BCUT2D eigenvalue weighted by atomic mass is 19.1. The molecule has 1 N–H and O–H groups in total. The standard InChI is InChI=1S/C26H35FN4O/c1-2-31(23-9-3-4-10-23)15-17-32-16-14-30(19-21-8-7-13-28-26(21)27)20-22-18-29-25-12-6-5-11-24(22)25/h5-8,11-13,18,23,29H,2-4,9-10,14-17,19-20H2,1H3. The SMILES string of the molecule is CCN(CCOCCN(Cc1cccnc1F)Cc1c[nH]c2ccccc12)C1CCCC1. The third kappa shape index (κ3) is 5.94. The summed E-state index contributed by atoms with van der Waals surface area (Å²) in [4.78, 5) is 12.0. The molecule has 1 fully saturated rings. The highest BCUT2D eigenvalue weighted by Crippen LogP contribution is 2.23. The molecule has 1 aliphatic carbocycles. The zero-order valence-corrected chi connectivity index (χ0v) is 19.1. The molecule has 1 aliphatic rings. The van der Waals surface area contributed by atoms with Crippen LogP contribution in [0.25, 0.3) is 10.9 Å². The van der Waals surface area contributed by atoms with E-state index in [1.807, 2.05) is 12.1 Å². The van der Waals surface area contributed by atoms with Gasteiger partial charge in [-0.15, -0.1) is 0 Å². The maximum Gasteiger partial charge on any atom is 0.217 e. The number of benzene rings is 1. The first-order valence-corrected chi connectivity index (χ1v) is 11.9. The van der Waals surface area contributed by atoms with Gasteiger partial charge in [-0.25, -0.2) is 4.98 Å². The van der Waals surface area contributed by atoms with E-state index in [1.165, 1.54) is 42.8 Å². The molecule has 0 aliphatic heterocycles. The van der Waals surface area contributed by atoms with Gasteiger partial charge in [0.15, 0.2) is 0 Å². The number of nitrogens with zero attached hydrogens (tertiary/aromatic N) is 3. The van der Waals surface area contributed by atoms with Gasteiger partial charge in [0, 0.05) is 61.1 Å². The number of aromatic nitrogens is 2. The maximum atomic E-state index is 14.2. The van der Waals surface area contributed by atoms with Crippen LogP contribution < -0.4 is 0 Å². The van der Waals surface area contributed by atoms with Crippen molar-refractivity contribution < 1.29 is 9.13 Å². The van der Waals surface area contributed by atoms with Crippen LogP contribution in [0.5, 0.6) is 0 Å². The minimum absolute atomic E-state index is 0.396. The van der Waals surface area contributed by atoms with Crippen LogP contribution in [-0.2, 0) is 17.8 Å². The molecule has 0 saturated heterocycles. The Morgan fingerprint density at radius 1 is 1.03 bits per heavy atom. The molecule has 0 radical (unpaired) electrons. The molecular formula is C26H35FN4O. The van der Waals surface area contributed by atoms with E-state index in [1.54, 1.807) is 6.07 Å². The Balaban J connectivity index is 1.34. The van der Waals surface area contributed by atoms with Crippen molar-refractivity contribution in [3.05, 3.63) is 65.9 Å². The summed E-state index contributed by atoms with van der Waals surface area (Å²) in [7, 11) is 0. The maximum absolute atomic E-state index is 14.2. The molecule has 0 atom stereocenters. The van der Waals surface area contributed by atoms with Crippen molar-refractivity contribution in [2.75, 3.05) is 32.8 Å². The lowest BCUT2D eigenvalue weighted by Gasteiger charge is -2.27. The molecule has 1 aromatic carbocycles. The lowest BCUT2D eigenvalue weighted by Crippen LogP contribution is -2.36. The molecule has 0 spiro atoms. The Morgan fingerprint density at radius 3 is 2.62 bits per heavy atom. The number of para-hydroxylation sites is 1. The van der Waals surface area contributed by atoms with Gasteiger partial charge in [-0.2, -0.15) is 4.39 Å². The van der Waals surface area contributed by atoms with E-state index in [0.29, 0.717) is 18.7 Å². The number of H-pyrrole nitrogens is 1. The lowest BCUT2D eigenvalue weighted by molar-refractivity contribution is 0.0699. The minimum Gasteiger partial charge on any atom is -0.379 e. The Labute approximate surface area is 190 Å². The lowest BCUT2D eigenvalue weighted by atomic mass is 10.1. The average molecular weight is 439 g/mol. The van der Waals surface area contributed by atoms with Crippen LogP contribution in [0.2, 0.25) is 0 Å². The molecular weight excluding hydrogens is 403 g/mol. The number of fused-ring (bicyclic) bond motifs is 1. The summed E-state index contributed by atoms with van der Waals surface area (Å²) in [6.45, 7) is 7.66. The zero-order valence-electron chi connectivity index (χ0n) is 19.1. The zero-order chi connectivity index (χ0) is 22.2. The molecule has 0 unspecified atom stereocenters. The fraction of sp³-hybridized carbons (Fsp3) is 0.500. The fourth-order valence-electron chi connectivity index (χ4n) is 4.84. The second-order valence-electron chi connectivity index (χ2n) is 8.70. The summed E-state index contributed by atoms with van der Waals surface area (Å²) < 4.78 is 20.2. The van der Waals surface area contributed by atoms with Gasteiger partial charge in [-0.1, -0.05) is 44.0 Å². The number of likely N-dealkylation sites (N-methyl/N-ethyl adjacent to an activating group) is 1. The molecule has 5 nitrogen and oxygen atoms in total. The van der Waals surface area contributed by atoms with Crippen LogP contribution >= 0.6 is 0 Å². The molecule has 6 heteroatoms. The summed E-state index contributed by atoms with van der Waals surface area (Å²) in [5.41, 5.74) is 2.95. The first-order chi connectivity index (χ1) is 15.7. The third-order valence-electron chi connectivity index (χ3n) is 6.62. The molecule has 0 bridgehead atoms. The van der Waals surface area contributed by atoms with Gasteiger partial charge < -0.3 is 9.72 Å². The highest BCUT2D eigenvalue weighted by molar-refractivity contribution is 5.82. The molecule has 2 heterocycles. The molecule has 1 saturated carbocycles. The highest BCUT2D eigenvalue weighted by Gasteiger charge is 2.21. The normalized spacial score (nSPS) is 14.9. The summed E-state index contributed by atoms with van der Waals surface area (Å²) in [5.74, 6) is -0.396. The third-order valence-corrected chi connectivity index (χ3v) is 6.62. The second kappa shape index (κ2) is 11.5. The predicted octanol–water partition coefficient (Wildman–Crippen LogP) is 4.99. The van der Waals surface area contributed by atoms with Gasteiger partial charge in [0.2, 0.25) is 5.95 Å². The average Bonchev–Trinajstić information content (AvgIpc) is 3.48. The Bertz CT molecular complexity index is 969. The van der Waals surface area contributed by atoms with Gasteiger partial charge in [-0.05, 0) is 37.1 Å². The van der Waals surface area contributed by atoms with Crippen molar-refractivity contribution in [3.8, 4) is 0 Å². The number of hydrogen-bond donors (Lipinski definition) is 1. The molecule has 0 amide bonds. The van der Waals surface area contributed by atoms with Gasteiger partial charge >= 0.3 is 0 Å². The number of nitrogens with one attached hydrogen (secondary N) is 1. The number of ether oxygens (including phenoxy) is 1. The number of halogens is 1. The predicted molar refractivity (Wildman–Crippen MR) is 127 cm³/mol. The van der Waals surface area contributed by atoms with Crippen LogP contribution in [-0.4, -0.2) is 58.7 Å². The number of hydrogen-bond acceptors (Lipinski definition) is 4. The van der Waals surface area contributed by atoms with Crippen LogP contribution in [0.3, 0.4) is 0 Å². The van der Waals surface area contributed by atoms with E-state index in [4.69, 9.17) is 4.74 Å². The van der Waals surface area contributed by atoms with Gasteiger partial charge in [-0.3, -0.25) is 9.80 Å². The van der Waals surface area contributed by atoms with Gasteiger partial charge in [0.05, 0.1) is 13.2 Å². The van der Waals surface area contributed by atoms with Crippen molar-refractivity contribution in [3.63, 3.8) is 0 Å². The van der Waals surface area contributed by atoms with Gasteiger partial charge in [0.1, 0.15) is 0 Å².